The maximum absolute atomic E-state index is 12.9. The normalized spacial score (nSPS) is 11.8. The first-order valence-corrected chi connectivity index (χ1v) is 11.7. The van der Waals surface area contributed by atoms with E-state index < -0.39 is 26.8 Å². The van der Waals surface area contributed by atoms with Gasteiger partial charge in [0.25, 0.3) is 0 Å². The summed E-state index contributed by atoms with van der Waals surface area (Å²) in [7, 11) is -2.99. The molecule has 0 fully saturated rings. The Balaban J connectivity index is 2.18. The molecule has 1 N–H and O–H groups in total. The van der Waals surface area contributed by atoms with Gasteiger partial charge in [0.05, 0.1) is 12.2 Å². The summed E-state index contributed by atoms with van der Waals surface area (Å²) in [6.45, 7) is 3.30. The van der Waals surface area contributed by atoms with Gasteiger partial charge in [-0.1, -0.05) is 31.5 Å². The van der Waals surface area contributed by atoms with Crippen LogP contribution in [0.2, 0.25) is 0 Å². The molecule has 0 unspecified atom stereocenters. The van der Waals surface area contributed by atoms with E-state index in [1.165, 1.54) is 30.2 Å². The lowest BCUT2D eigenvalue weighted by Crippen LogP contribution is -2.41. The molecule has 0 aromatic heterocycles. The number of ether oxygens (including phenoxy) is 1. The molecule has 182 valence electrons. The number of methoxy groups -OCH3 is 1. The maximum atomic E-state index is 12.9. The number of halogens is 3. The van der Waals surface area contributed by atoms with E-state index in [1.54, 1.807) is 6.07 Å². The van der Waals surface area contributed by atoms with Crippen LogP contribution in [0.3, 0.4) is 0 Å². The Hall–Kier alpha value is -2.79. The minimum Gasteiger partial charge on any atom is -0.383 e. The smallest absolute Gasteiger partial charge is 0.383 e. The quantitative estimate of drug-likeness (QED) is 0.374. The van der Waals surface area contributed by atoms with E-state index in [2.05, 4.69) is 5.32 Å². The zero-order chi connectivity index (χ0) is 24.5. The standard InChI is InChI=1S/C22H27F3N2O5S/c1-3-4-11-26-21(28)27(12-13-31-2)16-17-7-5-9-19(14-17)32-33(29,30)20-10-6-8-18(15-20)22(23,24)25/h5-10,14-15H,3-4,11-13,16H2,1-2H3,(H,26,28). The number of benzene rings is 2. The molecule has 0 aliphatic carbocycles. The number of urea groups is 1. The molecule has 33 heavy (non-hydrogen) atoms. The van der Waals surface area contributed by atoms with E-state index in [0.717, 1.165) is 31.0 Å². The molecule has 0 bridgehead atoms. The average Bonchev–Trinajstić information content (AvgIpc) is 2.76. The Kier molecular flexibility index (Phi) is 9.54. The molecule has 2 aromatic rings. The lowest BCUT2D eigenvalue weighted by Gasteiger charge is -2.23. The second-order valence-corrected chi connectivity index (χ2v) is 8.76. The van der Waals surface area contributed by atoms with Crippen LogP contribution in [0, 0.1) is 0 Å². The number of nitrogens with zero attached hydrogens (tertiary/aromatic N) is 1. The zero-order valence-corrected chi connectivity index (χ0v) is 19.2. The zero-order valence-electron chi connectivity index (χ0n) is 18.4. The third kappa shape index (κ3) is 8.25. The predicted molar refractivity (Wildman–Crippen MR) is 116 cm³/mol. The molecule has 2 rings (SSSR count). The summed E-state index contributed by atoms with van der Waals surface area (Å²) in [5.41, 5.74) is -0.516. The van der Waals surface area contributed by atoms with Crippen LogP contribution in [0.1, 0.15) is 30.9 Å². The van der Waals surface area contributed by atoms with Crippen molar-refractivity contribution >= 4 is 16.1 Å². The molecule has 11 heteroatoms. The van der Waals surface area contributed by atoms with E-state index in [4.69, 9.17) is 8.92 Å². The number of rotatable bonds is 11. The van der Waals surface area contributed by atoms with Gasteiger partial charge in [-0.3, -0.25) is 0 Å². The van der Waals surface area contributed by atoms with Crippen molar-refractivity contribution < 1.29 is 35.3 Å². The van der Waals surface area contributed by atoms with Gasteiger partial charge in [-0.25, -0.2) is 4.79 Å². The number of amides is 2. The molecule has 0 radical (unpaired) electrons. The molecule has 0 saturated heterocycles. The number of carbonyl (C=O) groups is 1. The molecule has 0 atom stereocenters. The first-order valence-electron chi connectivity index (χ1n) is 10.3. The number of hydrogen-bond donors (Lipinski definition) is 1. The van der Waals surface area contributed by atoms with E-state index in [1.807, 2.05) is 6.92 Å². The fourth-order valence-electron chi connectivity index (χ4n) is 2.86. The molecule has 0 heterocycles. The van der Waals surface area contributed by atoms with Gasteiger partial charge in [-0.05, 0) is 42.3 Å². The molecule has 2 amide bonds. The van der Waals surface area contributed by atoms with Crippen LogP contribution in [0.4, 0.5) is 18.0 Å². The molecular weight excluding hydrogens is 461 g/mol. The highest BCUT2D eigenvalue weighted by molar-refractivity contribution is 7.87. The second-order valence-electron chi connectivity index (χ2n) is 7.21. The Morgan fingerprint density at radius 3 is 2.52 bits per heavy atom. The fourth-order valence-corrected chi connectivity index (χ4v) is 3.83. The third-order valence-corrected chi connectivity index (χ3v) is 5.83. The SMILES string of the molecule is CCCCNC(=O)N(CCOC)Cc1cccc(OS(=O)(=O)c2cccc(C(F)(F)F)c2)c1. The van der Waals surface area contributed by atoms with Crippen molar-refractivity contribution in [3.63, 3.8) is 0 Å². The predicted octanol–water partition coefficient (Wildman–Crippen LogP) is 4.43. The van der Waals surface area contributed by atoms with E-state index in [0.29, 0.717) is 31.3 Å². The van der Waals surface area contributed by atoms with Gasteiger partial charge < -0.3 is 19.1 Å². The minimum atomic E-state index is -4.69. The second kappa shape index (κ2) is 11.9. The molecule has 2 aromatic carbocycles. The summed E-state index contributed by atoms with van der Waals surface area (Å²) in [6, 6.07) is 9.05. The van der Waals surface area contributed by atoms with Crippen molar-refractivity contribution in [3.8, 4) is 5.75 Å². The van der Waals surface area contributed by atoms with Gasteiger partial charge in [0.2, 0.25) is 0 Å². The Bertz CT molecular complexity index is 1030. The van der Waals surface area contributed by atoms with Crippen molar-refractivity contribution in [2.24, 2.45) is 0 Å². The Morgan fingerprint density at radius 2 is 1.85 bits per heavy atom. The number of hydrogen-bond acceptors (Lipinski definition) is 5. The first-order chi connectivity index (χ1) is 15.6. The number of unbranched alkanes of at least 4 members (excludes halogenated alkanes) is 1. The van der Waals surface area contributed by atoms with Crippen molar-refractivity contribution in [2.75, 3.05) is 26.8 Å². The fraction of sp³-hybridized carbons (Fsp3) is 0.409. The molecule has 0 saturated carbocycles. The summed E-state index contributed by atoms with van der Waals surface area (Å²) >= 11 is 0. The molecule has 0 spiro atoms. The van der Waals surface area contributed by atoms with E-state index in [-0.39, 0.29) is 18.3 Å². The van der Waals surface area contributed by atoms with Crippen LogP contribution in [0.15, 0.2) is 53.4 Å². The molecule has 0 aliphatic heterocycles. The van der Waals surface area contributed by atoms with Crippen molar-refractivity contribution in [1.82, 2.24) is 10.2 Å². The van der Waals surface area contributed by atoms with Gasteiger partial charge >= 0.3 is 22.3 Å². The molecule has 7 nitrogen and oxygen atoms in total. The van der Waals surface area contributed by atoms with Crippen molar-refractivity contribution in [2.45, 2.75) is 37.4 Å². The van der Waals surface area contributed by atoms with Crippen LogP contribution < -0.4 is 9.50 Å². The van der Waals surface area contributed by atoms with Gasteiger partial charge in [-0.2, -0.15) is 21.6 Å². The highest BCUT2D eigenvalue weighted by atomic mass is 32.2. The molecular formula is C22H27F3N2O5S. The largest absolute Gasteiger partial charge is 0.416 e. The lowest BCUT2D eigenvalue weighted by molar-refractivity contribution is -0.137. The minimum absolute atomic E-state index is 0.0806. The van der Waals surface area contributed by atoms with Crippen LogP contribution in [-0.4, -0.2) is 46.2 Å². The van der Waals surface area contributed by atoms with E-state index >= 15 is 0 Å². The Morgan fingerprint density at radius 1 is 1.12 bits per heavy atom. The van der Waals surface area contributed by atoms with Crippen LogP contribution >= 0.6 is 0 Å². The van der Waals surface area contributed by atoms with Crippen molar-refractivity contribution in [1.29, 1.82) is 0 Å². The van der Waals surface area contributed by atoms with E-state index in [9.17, 15) is 26.4 Å². The van der Waals surface area contributed by atoms with Gasteiger partial charge in [0.15, 0.2) is 0 Å². The summed E-state index contributed by atoms with van der Waals surface area (Å²) in [4.78, 5) is 13.4. The summed E-state index contributed by atoms with van der Waals surface area (Å²) in [5, 5.41) is 2.82. The topological polar surface area (TPSA) is 84.9 Å². The molecule has 0 aliphatic rings. The van der Waals surface area contributed by atoms with Crippen LogP contribution in [-0.2, 0) is 27.6 Å². The third-order valence-electron chi connectivity index (χ3n) is 4.59. The van der Waals surface area contributed by atoms with Gasteiger partial charge in [0.1, 0.15) is 10.6 Å². The number of nitrogens with one attached hydrogen (secondary N) is 1. The van der Waals surface area contributed by atoms with Gasteiger partial charge in [-0.15, -0.1) is 0 Å². The monoisotopic (exact) mass is 488 g/mol. The Labute approximate surface area is 191 Å². The highest BCUT2D eigenvalue weighted by Crippen LogP contribution is 2.31. The summed E-state index contributed by atoms with van der Waals surface area (Å²) in [5.74, 6) is -0.0806. The average molecular weight is 489 g/mol. The summed E-state index contributed by atoms with van der Waals surface area (Å²) < 4.78 is 74.0. The first kappa shape index (κ1) is 26.5. The number of carbonyl (C=O) groups excluding carboxylic acids is 1. The lowest BCUT2D eigenvalue weighted by atomic mass is 10.2. The van der Waals surface area contributed by atoms with Crippen LogP contribution in [0.25, 0.3) is 0 Å². The van der Waals surface area contributed by atoms with Gasteiger partial charge in [0, 0.05) is 26.7 Å². The number of alkyl halides is 3. The summed E-state index contributed by atoms with van der Waals surface area (Å²) in [6.07, 6.45) is -2.92. The maximum Gasteiger partial charge on any atom is 0.416 e. The van der Waals surface area contributed by atoms with Crippen molar-refractivity contribution in [3.05, 3.63) is 59.7 Å². The van der Waals surface area contributed by atoms with Crippen LogP contribution in [0.5, 0.6) is 5.75 Å². The highest BCUT2D eigenvalue weighted by Gasteiger charge is 2.32.